The zero-order valence-corrected chi connectivity index (χ0v) is 16.3. The van der Waals surface area contributed by atoms with Gasteiger partial charge in [-0.2, -0.15) is 4.98 Å². The molecule has 4 rings (SSSR count). The molecule has 3 heterocycles. The zero-order chi connectivity index (χ0) is 19.0. The van der Waals surface area contributed by atoms with Gasteiger partial charge in [-0.3, -0.25) is 4.90 Å². The molecule has 9 heteroatoms. The molecule has 0 amide bonds. The van der Waals surface area contributed by atoms with Crippen LogP contribution in [0.25, 0.3) is 17.4 Å². The number of nitrogens with zero attached hydrogens (tertiary/aromatic N) is 6. The Balaban J connectivity index is 1.71. The van der Waals surface area contributed by atoms with E-state index in [-0.39, 0.29) is 12.0 Å². The molecule has 0 saturated carbocycles. The van der Waals surface area contributed by atoms with E-state index in [2.05, 4.69) is 51.3 Å². The Morgan fingerprint density at radius 3 is 2.81 bits per heavy atom. The molecule has 1 saturated heterocycles. The van der Waals surface area contributed by atoms with Crippen molar-refractivity contribution in [2.45, 2.75) is 25.8 Å². The number of halogens is 1. The molecule has 1 unspecified atom stereocenters. The fourth-order valence-corrected chi connectivity index (χ4v) is 3.36. The predicted octanol–water partition coefficient (Wildman–Crippen LogP) is 2.67. The minimum Gasteiger partial charge on any atom is -0.330 e. The minimum atomic E-state index is 0.0754. The quantitative estimate of drug-likeness (QED) is 0.736. The van der Waals surface area contributed by atoms with Crippen molar-refractivity contribution >= 4 is 11.6 Å². The van der Waals surface area contributed by atoms with Gasteiger partial charge in [0.25, 0.3) is 5.89 Å². The molecule has 0 bridgehead atoms. The Hall–Kier alpha value is -2.29. The van der Waals surface area contributed by atoms with Crippen LogP contribution in [0.3, 0.4) is 0 Å². The molecule has 1 aromatic carbocycles. The van der Waals surface area contributed by atoms with E-state index in [0.29, 0.717) is 22.6 Å². The largest absolute Gasteiger partial charge is 0.330 e. The second kappa shape index (κ2) is 7.38. The summed E-state index contributed by atoms with van der Waals surface area (Å²) < 4.78 is 7.23. The molecule has 1 aliphatic heterocycles. The number of hydrogen-bond acceptors (Lipinski definition) is 7. The molecular formula is C18H22ClN7O. The highest BCUT2D eigenvalue weighted by Crippen LogP contribution is 2.27. The minimum absolute atomic E-state index is 0.0754. The molecule has 0 aliphatic carbocycles. The summed E-state index contributed by atoms with van der Waals surface area (Å²) in [5.74, 6) is 2.30. The third kappa shape index (κ3) is 3.47. The van der Waals surface area contributed by atoms with Gasteiger partial charge < -0.3 is 9.84 Å². The first-order chi connectivity index (χ1) is 13.0. The van der Waals surface area contributed by atoms with E-state index in [1.807, 2.05) is 24.3 Å². The first-order valence-electron chi connectivity index (χ1n) is 9.01. The topological polar surface area (TPSA) is 84.9 Å². The van der Waals surface area contributed by atoms with Gasteiger partial charge in [0.2, 0.25) is 5.82 Å². The Labute approximate surface area is 162 Å². The lowest BCUT2D eigenvalue weighted by atomic mass is 10.2. The molecule has 2 aromatic heterocycles. The van der Waals surface area contributed by atoms with Crippen LogP contribution in [0, 0.1) is 0 Å². The van der Waals surface area contributed by atoms with E-state index in [9.17, 15) is 0 Å². The summed E-state index contributed by atoms with van der Waals surface area (Å²) in [6, 6.07) is 7.63. The van der Waals surface area contributed by atoms with E-state index < -0.39 is 0 Å². The molecule has 0 spiro atoms. The van der Waals surface area contributed by atoms with Crippen LogP contribution < -0.4 is 5.32 Å². The fraction of sp³-hybridized carbons (Fsp3) is 0.444. The van der Waals surface area contributed by atoms with Gasteiger partial charge in [0.05, 0.1) is 16.8 Å². The average Bonchev–Trinajstić information content (AvgIpc) is 3.29. The molecule has 1 N–H and O–H groups in total. The standard InChI is InChI=1S/C18H22ClN7O/c1-11(2)17-21-16(23-26(17)13-7-5-4-6-12(13)19)18-22-15(24-27-18)14-10-20-8-9-25(14)3/h4-7,11,14,20H,8-10H2,1-3H3. The van der Waals surface area contributed by atoms with Gasteiger partial charge in [-0.05, 0) is 19.2 Å². The summed E-state index contributed by atoms with van der Waals surface area (Å²) in [6.07, 6.45) is 0. The molecule has 8 nitrogen and oxygen atoms in total. The number of rotatable bonds is 4. The van der Waals surface area contributed by atoms with Crippen LogP contribution in [-0.4, -0.2) is 56.5 Å². The van der Waals surface area contributed by atoms with E-state index in [1.54, 1.807) is 4.68 Å². The lowest BCUT2D eigenvalue weighted by Gasteiger charge is -2.30. The summed E-state index contributed by atoms with van der Waals surface area (Å²) in [7, 11) is 2.06. The van der Waals surface area contributed by atoms with E-state index in [4.69, 9.17) is 16.1 Å². The van der Waals surface area contributed by atoms with Crippen LogP contribution in [0.5, 0.6) is 0 Å². The van der Waals surface area contributed by atoms with Crippen molar-refractivity contribution in [3.63, 3.8) is 0 Å². The van der Waals surface area contributed by atoms with Crippen LogP contribution >= 0.6 is 11.6 Å². The number of piperazine rings is 1. The number of nitrogens with one attached hydrogen (secondary N) is 1. The summed E-state index contributed by atoms with van der Waals surface area (Å²) in [5.41, 5.74) is 0.776. The molecular weight excluding hydrogens is 366 g/mol. The lowest BCUT2D eigenvalue weighted by Crippen LogP contribution is -2.44. The second-order valence-corrected chi connectivity index (χ2v) is 7.38. The van der Waals surface area contributed by atoms with Crippen molar-refractivity contribution in [1.29, 1.82) is 0 Å². The fourth-order valence-electron chi connectivity index (χ4n) is 3.14. The lowest BCUT2D eigenvalue weighted by molar-refractivity contribution is 0.190. The van der Waals surface area contributed by atoms with Crippen LogP contribution in [0.1, 0.15) is 37.5 Å². The van der Waals surface area contributed by atoms with Crippen molar-refractivity contribution in [3.8, 4) is 17.4 Å². The smallest absolute Gasteiger partial charge is 0.297 e. The van der Waals surface area contributed by atoms with Crippen molar-refractivity contribution < 1.29 is 4.52 Å². The van der Waals surface area contributed by atoms with Crippen molar-refractivity contribution in [2.24, 2.45) is 0 Å². The van der Waals surface area contributed by atoms with Gasteiger partial charge in [0, 0.05) is 25.6 Å². The van der Waals surface area contributed by atoms with E-state index in [1.165, 1.54) is 0 Å². The van der Waals surface area contributed by atoms with Crippen LogP contribution in [0.15, 0.2) is 28.8 Å². The molecule has 1 aliphatic rings. The second-order valence-electron chi connectivity index (χ2n) is 6.97. The Kier molecular flexibility index (Phi) is 4.94. The van der Waals surface area contributed by atoms with Gasteiger partial charge >= 0.3 is 0 Å². The van der Waals surface area contributed by atoms with Gasteiger partial charge in [0.15, 0.2) is 5.82 Å². The highest BCUT2D eigenvalue weighted by atomic mass is 35.5. The molecule has 142 valence electrons. The zero-order valence-electron chi connectivity index (χ0n) is 15.6. The Morgan fingerprint density at radius 2 is 2.07 bits per heavy atom. The molecule has 1 fully saturated rings. The summed E-state index contributed by atoms with van der Waals surface area (Å²) >= 11 is 6.36. The van der Waals surface area contributed by atoms with Crippen molar-refractivity contribution in [1.82, 2.24) is 35.1 Å². The highest BCUT2D eigenvalue weighted by molar-refractivity contribution is 6.32. The van der Waals surface area contributed by atoms with Crippen molar-refractivity contribution in [2.75, 3.05) is 26.7 Å². The molecule has 27 heavy (non-hydrogen) atoms. The normalized spacial score (nSPS) is 18.3. The van der Waals surface area contributed by atoms with Gasteiger partial charge in [0.1, 0.15) is 5.82 Å². The Morgan fingerprint density at radius 1 is 1.26 bits per heavy atom. The summed E-state index contributed by atoms with van der Waals surface area (Å²) in [6.45, 7) is 6.80. The molecule has 1 atom stereocenters. The van der Waals surface area contributed by atoms with Crippen molar-refractivity contribution in [3.05, 3.63) is 40.9 Å². The number of aromatic nitrogens is 5. The Bertz CT molecular complexity index is 935. The van der Waals surface area contributed by atoms with Gasteiger partial charge in [-0.15, -0.1) is 5.10 Å². The number of benzene rings is 1. The summed E-state index contributed by atoms with van der Waals surface area (Å²) in [4.78, 5) is 11.4. The maximum atomic E-state index is 6.36. The molecule has 3 aromatic rings. The maximum absolute atomic E-state index is 6.36. The van der Waals surface area contributed by atoms with E-state index in [0.717, 1.165) is 31.1 Å². The highest BCUT2D eigenvalue weighted by Gasteiger charge is 2.27. The number of para-hydroxylation sites is 1. The van der Waals surface area contributed by atoms with Gasteiger partial charge in [-0.1, -0.05) is 42.7 Å². The first-order valence-corrected chi connectivity index (χ1v) is 9.39. The van der Waals surface area contributed by atoms with Crippen LogP contribution in [0.2, 0.25) is 5.02 Å². The number of likely N-dealkylation sites (N-methyl/N-ethyl adjacent to an activating group) is 1. The van der Waals surface area contributed by atoms with Crippen LogP contribution in [-0.2, 0) is 0 Å². The third-order valence-corrected chi connectivity index (χ3v) is 4.99. The molecule has 0 radical (unpaired) electrons. The van der Waals surface area contributed by atoms with E-state index >= 15 is 0 Å². The average molecular weight is 388 g/mol. The first kappa shape index (κ1) is 18.1. The number of hydrogen-bond donors (Lipinski definition) is 1. The SMILES string of the molecule is CC(C)c1nc(-c2nc(C3CNCCN3C)no2)nn1-c1ccccc1Cl. The monoisotopic (exact) mass is 387 g/mol. The third-order valence-electron chi connectivity index (χ3n) is 4.67. The maximum Gasteiger partial charge on any atom is 0.297 e. The predicted molar refractivity (Wildman–Crippen MR) is 102 cm³/mol. The summed E-state index contributed by atoms with van der Waals surface area (Å²) in [5, 5.41) is 12.7. The van der Waals surface area contributed by atoms with Crippen LogP contribution in [0.4, 0.5) is 0 Å². The van der Waals surface area contributed by atoms with Gasteiger partial charge in [-0.25, -0.2) is 9.67 Å².